The lowest BCUT2D eigenvalue weighted by Gasteiger charge is -1.99. The van der Waals surface area contributed by atoms with E-state index in [1.54, 1.807) is 0 Å². The molecule has 0 amide bonds. The fraction of sp³-hybridized carbons (Fsp3) is 0.625. The molecule has 0 atom stereocenters. The van der Waals surface area contributed by atoms with Crippen LogP contribution in [0.4, 0.5) is 0 Å². The van der Waals surface area contributed by atoms with Crippen molar-refractivity contribution in [2.45, 2.75) is 26.7 Å². The zero-order chi connectivity index (χ0) is 8.97. The Bertz CT molecular complexity index is 262. The lowest BCUT2D eigenvalue weighted by molar-refractivity contribution is 0.287. The molecule has 1 aromatic heterocycles. The Morgan fingerprint density at radius 3 is 2.50 bits per heavy atom. The maximum absolute atomic E-state index is 8.58. The summed E-state index contributed by atoms with van der Waals surface area (Å²) in [6, 6.07) is 0. The molecule has 0 saturated carbocycles. The Hall–Kier alpha value is -1.03. The fourth-order valence-electron chi connectivity index (χ4n) is 0.845. The molecule has 0 bridgehead atoms. The van der Waals surface area contributed by atoms with Crippen molar-refractivity contribution < 1.29 is 5.11 Å². The van der Waals surface area contributed by atoms with E-state index in [4.69, 9.17) is 5.11 Å². The molecule has 1 rings (SSSR count). The highest BCUT2D eigenvalue weighted by Crippen LogP contribution is 1.99. The third-order valence-electron chi connectivity index (χ3n) is 1.69. The van der Waals surface area contributed by atoms with Gasteiger partial charge in [0.1, 0.15) is 0 Å². The number of aliphatic hydroxyl groups excluding tert-OH is 1. The zero-order valence-corrected chi connectivity index (χ0v) is 7.41. The van der Waals surface area contributed by atoms with E-state index in [2.05, 4.69) is 15.2 Å². The minimum absolute atomic E-state index is 0.177. The molecule has 0 aliphatic rings. The average molecular weight is 167 g/mol. The lowest BCUT2D eigenvalue weighted by Crippen LogP contribution is -2.03. The zero-order valence-electron chi connectivity index (χ0n) is 7.41. The smallest absolute Gasteiger partial charge is 0.151 e. The average Bonchev–Trinajstić information content (AvgIpc) is 2.07. The van der Waals surface area contributed by atoms with Crippen molar-refractivity contribution in [3.05, 3.63) is 17.2 Å². The topological polar surface area (TPSA) is 58.9 Å². The van der Waals surface area contributed by atoms with Gasteiger partial charge >= 0.3 is 0 Å². The number of hydrogen-bond donors (Lipinski definition) is 1. The van der Waals surface area contributed by atoms with Gasteiger partial charge in [0.2, 0.25) is 0 Å². The van der Waals surface area contributed by atoms with Crippen molar-refractivity contribution in [2.24, 2.45) is 0 Å². The molecule has 0 unspecified atom stereocenters. The summed E-state index contributed by atoms with van der Waals surface area (Å²) in [6.45, 7) is 3.97. The molecule has 1 heterocycles. The van der Waals surface area contributed by atoms with Gasteiger partial charge in [0.05, 0.1) is 11.4 Å². The van der Waals surface area contributed by atoms with E-state index in [-0.39, 0.29) is 6.61 Å². The Morgan fingerprint density at radius 2 is 1.92 bits per heavy atom. The molecular weight excluding hydrogens is 154 g/mol. The SMILES string of the molecule is Cc1nnc(CCCO)nc1C. The number of aryl methyl sites for hydroxylation is 3. The second-order valence-electron chi connectivity index (χ2n) is 2.73. The van der Waals surface area contributed by atoms with Crippen molar-refractivity contribution >= 4 is 0 Å². The summed E-state index contributed by atoms with van der Waals surface area (Å²) >= 11 is 0. The van der Waals surface area contributed by atoms with Crippen molar-refractivity contribution in [2.75, 3.05) is 6.61 Å². The number of hydrogen-bond acceptors (Lipinski definition) is 4. The van der Waals surface area contributed by atoms with Crippen LogP contribution < -0.4 is 0 Å². The molecule has 0 aromatic carbocycles. The predicted octanol–water partition coefficient (Wildman–Crippen LogP) is 0.413. The minimum Gasteiger partial charge on any atom is -0.396 e. The molecule has 66 valence electrons. The molecule has 1 N–H and O–H groups in total. The highest BCUT2D eigenvalue weighted by molar-refractivity contribution is 5.05. The largest absolute Gasteiger partial charge is 0.396 e. The van der Waals surface area contributed by atoms with Gasteiger partial charge in [0, 0.05) is 13.0 Å². The van der Waals surface area contributed by atoms with Crippen LogP contribution in [-0.4, -0.2) is 26.9 Å². The van der Waals surface area contributed by atoms with Crippen LogP contribution in [0, 0.1) is 13.8 Å². The van der Waals surface area contributed by atoms with Crippen molar-refractivity contribution in [3.8, 4) is 0 Å². The van der Waals surface area contributed by atoms with Crippen LogP contribution in [0.3, 0.4) is 0 Å². The molecule has 0 spiro atoms. The van der Waals surface area contributed by atoms with Crippen LogP contribution in [0.2, 0.25) is 0 Å². The standard InChI is InChI=1S/C8H13N3O/c1-6-7(2)10-11-8(9-6)4-3-5-12/h12H,3-5H2,1-2H3. The van der Waals surface area contributed by atoms with Gasteiger partial charge in [-0.3, -0.25) is 0 Å². The van der Waals surface area contributed by atoms with E-state index < -0.39 is 0 Å². The molecule has 1 aromatic rings. The number of aromatic nitrogens is 3. The minimum atomic E-state index is 0.177. The van der Waals surface area contributed by atoms with Gasteiger partial charge in [-0.05, 0) is 20.3 Å². The molecule has 4 heteroatoms. The lowest BCUT2D eigenvalue weighted by atomic mass is 10.3. The summed E-state index contributed by atoms with van der Waals surface area (Å²) in [4.78, 5) is 4.23. The van der Waals surface area contributed by atoms with Gasteiger partial charge in [-0.2, -0.15) is 5.10 Å². The first-order valence-electron chi connectivity index (χ1n) is 4.01. The summed E-state index contributed by atoms with van der Waals surface area (Å²) in [5.41, 5.74) is 1.78. The highest BCUT2D eigenvalue weighted by Gasteiger charge is 2.00. The second-order valence-corrected chi connectivity index (χ2v) is 2.73. The second kappa shape index (κ2) is 4.11. The van der Waals surface area contributed by atoms with E-state index in [0.717, 1.165) is 11.4 Å². The maximum Gasteiger partial charge on any atom is 0.151 e. The molecule has 0 aliphatic heterocycles. The third-order valence-corrected chi connectivity index (χ3v) is 1.69. The number of nitrogens with zero attached hydrogens (tertiary/aromatic N) is 3. The van der Waals surface area contributed by atoms with Crippen molar-refractivity contribution in [1.29, 1.82) is 0 Å². The Labute approximate surface area is 71.7 Å². The normalized spacial score (nSPS) is 10.2. The van der Waals surface area contributed by atoms with Crippen molar-refractivity contribution in [1.82, 2.24) is 15.2 Å². The number of aliphatic hydroxyl groups is 1. The van der Waals surface area contributed by atoms with Crippen LogP contribution in [0.5, 0.6) is 0 Å². The van der Waals surface area contributed by atoms with Gasteiger partial charge in [-0.1, -0.05) is 0 Å². The van der Waals surface area contributed by atoms with E-state index in [1.165, 1.54) is 0 Å². The fourth-order valence-corrected chi connectivity index (χ4v) is 0.845. The monoisotopic (exact) mass is 167 g/mol. The molecule has 0 aliphatic carbocycles. The van der Waals surface area contributed by atoms with Crippen molar-refractivity contribution in [3.63, 3.8) is 0 Å². The van der Waals surface area contributed by atoms with Crippen LogP contribution in [0.1, 0.15) is 23.6 Å². The summed E-state index contributed by atoms with van der Waals surface area (Å²) in [5.74, 6) is 0.715. The van der Waals surface area contributed by atoms with Crippen LogP contribution >= 0.6 is 0 Å². The molecule has 12 heavy (non-hydrogen) atoms. The van der Waals surface area contributed by atoms with Crippen LogP contribution in [0.15, 0.2) is 0 Å². The maximum atomic E-state index is 8.58. The van der Waals surface area contributed by atoms with Gasteiger partial charge in [-0.25, -0.2) is 4.98 Å². The first kappa shape index (κ1) is 9.06. The van der Waals surface area contributed by atoms with Gasteiger partial charge in [0.25, 0.3) is 0 Å². The Morgan fingerprint density at radius 1 is 1.17 bits per heavy atom. The predicted molar refractivity (Wildman–Crippen MR) is 44.7 cm³/mol. The Balaban J connectivity index is 2.69. The van der Waals surface area contributed by atoms with Crippen LogP contribution in [0.25, 0.3) is 0 Å². The molecular formula is C8H13N3O. The molecule has 0 saturated heterocycles. The quantitative estimate of drug-likeness (QED) is 0.708. The number of rotatable bonds is 3. The first-order chi connectivity index (χ1) is 5.74. The molecule has 0 radical (unpaired) electrons. The van der Waals surface area contributed by atoms with Gasteiger partial charge in [-0.15, -0.1) is 5.10 Å². The third kappa shape index (κ3) is 2.23. The summed E-state index contributed by atoms with van der Waals surface area (Å²) in [7, 11) is 0. The van der Waals surface area contributed by atoms with Gasteiger partial charge < -0.3 is 5.11 Å². The van der Waals surface area contributed by atoms with E-state index in [0.29, 0.717) is 18.7 Å². The van der Waals surface area contributed by atoms with E-state index >= 15 is 0 Å². The molecule has 0 fully saturated rings. The van der Waals surface area contributed by atoms with E-state index in [1.807, 2.05) is 13.8 Å². The van der Waals surface area contributed by atoms with Crippen LogP contribution in [-0.2, 0) is 6.42 Å². The highest BCUT2D eigenvalue weighted by atomic mass is 16.2. The Kier molecular flexibility index (Phi) is 3.10. The van der Waals surface area contributed by atoms with Gasteiger partial charge in [0.15, 0.2) is 5.82 Å². The molecule has 4 nitrogen and oxygen atoms in total. The van der Waals surface area contributed by atoms with E-state index in [9.17, 15) is 0 Å². The summed E-state index contributed by atoms with van der Waals surface area (Å²) in [6.07, 6.45) is 1.40. The summed E-state index contributed by atoms with van der Waals surface area (Å²) < 4.78 is 0. The first-order valence-corrected chi connectivity index (χ1v) is 4.01. The summed E-state index contributed by atoms with van der Waals surface area (Å²) in [5, 5.41) is 16.4.